The van der Waals surface area contributed by atoms with Crippen LogP contribution >= 0.6 is 0 Å². The summed E-state index contributed by atoms with van der Waals surface area (Å²) in [6.45, 7) is 5.11. The molecule has 0 spiro atoms. The lowest BCUT2D eigenvalue weighted by Crippen LogP contribution is -2.37. The van der Waals surface area contributed by atoms with Gasteiger partial charge in [-0.1, -0.05) is 6.92 Å². The lowest BCUT2D eigenvalue weighted by Gasteiger charge is -2.27. The van der Waals surface area contributed by atoms with Crippen LogP contribution in [0, 0.1) is 0 Å². The molecule has 1 aromatic carbocycles. The zero-order valence-electron chi connectivity index (χ0n) is 13.0. The number of hydrogen-bond acceptors (Lipinski definition) is 4. The van der Waals surface area contributed by atoms with Crippen LogP contribution in [-0.4, -0.2) is 52.5 Å². The van der Waals surface area contributed by atoms with Crippen LogP contribution in [0.15, 0.2) is 29.2 Å². The van der Waals surface area contributed by atoms with Gasteiger partial charge in [-0.05, 0) is 43.7 Å². The van der Waals surface area contributed by atoms with Gasteiger partial charge in [-0.3, -0.25) is 0 Å². The first-order valence-electron chi connectivity index (χ1n) is 7.46. The van der Waals surface area contributed by atoms with E-state index in [2.05, 4.69) is 17.1 Å². The molecular formula is C15H25N3O2S. The van der Waals surface area contributed by atoms with Gasteiger partial charge in [-0.15, -0.1) is 0 Å². The normalized spacial score (nSPS) is 19.4. The molecule has 0 aromatic heterocycles. The Morgan fingerprint density at radius 2 is 1.95 bits per heavy atom. The van der Waals surface area contributed by atoms with Gasteiger partial charge < -0.3 is 10.2 Å². The monoisotopic (exact) mass is 311 g/mol. The summed E-state index contributed by atoms with van der Waals surface area (Å²) < 4.78 is 25.4. The minimum Gasteiger partial charge on any atom is -0.367 e. The highest BCUT2D eigenvalue weighted by atomic mass is 32.2. The van der Waals surface area contributed by atoms with Crippen molar-refractivity contribution in [3.8, 4) is 0 Å². The van der Waals surface area contributed by atoms with E-state index in [1.807, 2.05) is 12.1 Å². The van der Waals surface area contributed by atoms with Crippen LogP contribution in [0.5, 0.6) is 0 Å². The Morgan fingerprint density at radius 3 is 2.52 bits per heavy atom. The van der Waals surface area contributed by atoms with Crippen molar-refractivity contribution in [2.45, 2.75) is 30.7 Å². The summed E-state index contributed by atoms with van der Waals surface area (Å²) >= 11 is 0. The molecule has 0 radical (unpaired) electrons. The Balaban J connectivity index is 2.15. The molecule has 5 nitrogen and oxygen atoms in total. The molecule has 0 aliphatic carbocycles. The van der Waals surface area contributed by atoms with Crippen molar-refractivity contribution in [3.63, 3.8) is 0 Å². The van der Waals surface area contributed by atoms with E-state index >= 15 is 0 Å². The highest BCUT2D eigenvalue weighted by Gasteiger charge is 2.25. The third kappa shape index (κ3) is 3.56. The van der Waals surface area contributed by atoms with E-state index in [1.54, 1.807) is 26.2 Å². The summed E-state index contributed by atoms with van der Waals surface area (Å²) in [4.78, 5) is 2.72. The summed E-state index contributed by atoms with van der Waals surface area (Å²) in [7, 11) is -0.239. The predicted molar refractivity (Wildman–Crippen MR) is 86.2 cm³/mol. The molecule has 1 fully saturated rings. The van der Waals surface area contributed by atoms with Crippen molar-refractivity contribution >= 4 is 15.7 Å². The third-order valence-corrected chi connectivity index (χ3v) is 5.78. The second-order valence-electron chi connectivity index (χ2n) is 5.58. The summed E-state index contributed by atoms with van der Waals surface area (Å²) in [5.41, 5.74) is 1.10. The average molecular weight is 311 g/mol. The number of anilines is 1. The number of benzene rings is 1. The highest BCUT2D eigenvalue weighted by Crippen LogP contribution is 2.26. The predicted octanol–water partition coefficient (Wildman–Crippen LogP) is 1.52. The van der Waals surface area contributed by atoms with Gasteiger partial charge >= 0.3 is 0 Å². The number of sulfonamides is 1. The van der Waals surface area contributed by atoms with Gasteiger partial charge in [0.2, 0.25) is 10.0 Å². The van der Waals surface area contributed by atoms with E-state index in [0.717, 1.165) is 25.3 Å². The van der Waals surface area contributed by atoms with Crippen LogP contribution in [-0.2, 0) is 10.0 Å². The van der Waals surface area contributed by atoms with Gasteiger partial charge in [0, 0.05) is 38.9 Å². The smallest absolute Gasteiger partial charge is 0.242 e. The van der Waals surface area contributed by atoms with Crippen molar-refractivity contribution in [2.24, 2.45) is 0 Å². The lowest BCUT2D eigenvalue weighted by atomic mass is 10.2. The average Bonchev–Trinajstić information content (AvgIpc) is 2.93. The molecule has 118 valence electrons. The molecule has 1 aliphatic rings. The molecule has 0 amide bonds. The van der Waals surface area contributed by atoms with E-state index in [0.29, 0.717) is 10.9 Å². The fourth-order valence-electron chi connectivity index (χ4n) is 2.72. The number of rotatable bonds is 6. The first-order valence-corrected chi connectivity index (χ1v) is 8.90. The standard InChI is InChI=1S/C15H25N3O2S/c1-4-16-12-14-6-5-11-18(14)13-7-9-15(10-8-13)21(19,20)17(2)3/h7-10,14,16H,4-6,11-12H2,1-3H3. The van der Waals surface area contributed by atoms with E-state index in [4.69, 9.17) is 0 Å². The van der Waals surface area contributed by atoms with Gasteiger partial charge in [-0.2, -0.15) is 0 Å². The Kier molecular flexibility index (Phi) is 5.24. The van der Waals surface area contributed by atoms with E-state index in [1.165, 1.54) is 17.1 Å². The quantitative estimate of drug-likeness (QED) is 0.865. The van der Waals surface area contributed by atoms with Gasteiger partial charge in [0.25, 0.3) is 0 Å². The first-order chi connectivity index (χ1) is 9.96. The Bertz CT molecular complexity index is 555. The molecule has 1 atom stereocenters. The topological polar surface area (TPSA) is 52.7 Å². The van der Waals surface area contributed by atoms with Gasteiger partial charge in [0.1, 0.15) is 0 Å². The Labute approximate surface area is 128 Å². The van der Waals surface area contributed by atoms with Crippen LogP contribution < -0.4 is 10.2 Å². The Morgan fingerprint density at radius 1 is 1.29 bits per heavy atom. The van der Waals surface area contributed by atoms with Crippen LogP contribution in [0.4, 0.5) is 5.69 Å². The first kappa shape index (κ1) is 16.3. The van der Waals surface area contributed by atoms with Crippen molar-refractivity contribution in [3.05, 3.63) is 24.3 Å². The maximum Gasteiger partial charge on any atom is 0.242 e. The molecule has 1 aromatic rings. The fourth-order valence-corrected chi connectivity index (χ4v) is 3.62. The zero-order chi connectivity index (χ0) is 15.5. The van der Waals surface area contributed by atoms with Crippen LogP contribution in [0.3, 0.4) is 0 Å². The fraction of sp³-hybridized carbons (Fsp3) is 0.600. The third-order valence-electron chi connectivity index (χ3n) is 3.95. The SMILES string of the molecule is CCNCC1CCCN1c1ccc(S(=O)(=O)N(C)C)cc1. The maximum atomic E-state index is 12.1. The molecule has 1 heterocycles. The maximum absolute atomic E-state index is 12.1. The summed E-state index contributed by atoms with van der Waals surface area (Å²) in [6, 6.07) is 7.74. The molecule has 21 heavy (non-hydrogen) atoms. The van der Waals surface area contributed by atoms with Gasteiger partial charge in [0.15, 0.2) is 0 Å². The molecule has 2 rings (SSSR count). The molecular weight excluding hydrogens is 286 g/mol. The molecule has 0 saturated carbocycles. The lowest BCUT2D eigenvalue weighted by molar-refractivity contribution is 0.520. The van der Waals surface area contributed by atoms with Crippen LogP contribution in [0.1, 0.15) is 19.8 Å². The minimum atomic E-state index is -3.34. The van der Waals surface area contributed by atoms with E-state index in [9.17, 15) is 8.42 Å². The largest absolute Gasteiger partial charge is 0.367 e. The molecule has 0 bridgehead atoms. The zero-order valence-corrected chi connectivity index (χ0v) is 13.9. The van der Waals surface area contributed by atoms with Crippen molar-refractivity contribution in [2.75, 3.05) is 38.6 Å². The van der Waals surface area contributed by atoms with Gasteiger partial charge in [-0.25, -0.2) is 12.7 Å². The molecule has 6 heteroatoms. The van der Waals surface area contributed by atoms with Crippen LogP contribution in [0.25, 0.3) is 0 Å². The number of nitrogens with one attached hydrogen (secondary N) is 1. The second-order valence-corrected chi connectivity index (χ2v) is 7.73. The van der Waals surface area contributed by atoms with Crippen molar-refractivity contribution in [1.29, 1.82) is 0 Å². The number of likely N-dealkylation sites (N-methyl/N-ethyl adjacent to an activating group) is 1. The van der Waals surface area contributed by atoms with E-state index in [-0.39, 0.29) is 0 Å². The van der Waals surface area contributed by atoms with E-state index < -0.39 is 10.0 Å². The molecule has 1 N–H and O–H groups in total. The molecule has 1 unspecified atom stereocenters. The van der Waals surface area contributed by atoms with Crippen molar-refractivity contribution < 1.29 is 8.42 Å². The summed E-state index contributed by atoms with van der Waals surface area (Å²) in [6.07, 6.45) is 2.37. The van der Waals surface area contributed by atoms with Gasteiger partial charge in [0.05, 0.1) is 4.90 Å². The van der Waals surface area contributed by atoms with Crippen molar-refractivity contribution in [1.82, 2.24) is 9.62 Å². The minimum absolute atomic E-state index is 0.346. The Hall–Kier alpha value is -1.11. The number of nitrogens with zero attached hydrogens (tertiary/aromatic N) is 2. The highest BCUT2D eigenvalue weighted by molar-refractivity contribution is 7.89. The molecule has 1 saturated heterocycles. The number of hydrogen-bond donors (Lipinski definition) is 1. The molecule has 1 aliphatic heterocycles. The second kappa shape index (κ2) is 6.77. The van der Waals surface area contributed by atoms with Crippen LogP contribution in [0.2, 0.25) is 0 Å². The summed E-state index contributed by atoms with van der Waals surface area (Å²) in [5.74, 6) is 0. The summed E-state index contributed by atoms with van der Waals surface area (Å²) in [5, 5.41) is 3.40.